The first-order chi connectivity index (χ1) is 8.25. The van der Waals surface area contributed by atoms with Crippen molar-refractivity contribution in [1.29, 1.82) is 0 Å². The van der Waals surface area contributed by atoms with Crippen LogP contribution in [0.3, 0.4) is 0 Å². The molecule has 2 aromatic rings. The van der Waals surface area contributed by atoms with Gasteiger partial charge in [-0.1, -0.05) is 0 Å². The molecule has 1 aromatic carbocycles. The Kier molecular flexibility index (Phi) is 2.80. The Morgan fingerprint density at radius 1 is 1.35 bits per heavy atom. The van der Waals surface area contributed by atoms with Gasteiger partial charge in [-0.15, -0.1) is 0 Å². The first-order valence-electron chi connectivity index (χ1n) is 5.70. The normalized spacial score (nSPS) is 17.7. The fraction of sp³-hybridized carbons (Fsp3) is 0.417. The molecule has 0 aliphatic carbocycles. The minimum atomic E-state index is 0.206. The molecule has 0 spiro atoms. The highest BCUT2D eigenvalue weighted by Gasteiger charge is 2.20. The number of rotatable bonds is 1. The predicted molar refractivity (Wildman–Crippen MR) is 68.3 cm³/mol. The van der Waals surface area contributed by atoms with E-state index in [-0.39, 0.29) is 5.75 Å². The van der Waals surface area contributed by atoms with Crippen molar-refractivity contribution >= 4 is 27.0 Å². The number of halogens is 1. The van der Waals surface area contributed by atoms with Crippen LogP contribution in [0.1, 0.15) is 24.6 Å². The molecule has 3 rings (SSSR count). The van der Waals surface area contributed by atoms with Gasteiger partial charge < -0.3 is 14.8 Å². The third-order valence-corrected chi connectivity index (χ3v) is 3.84. The number of phenolic OH excluding ortho intramolecular Hbond substituents is 1. The molecule has 2 N–H and O–H groups in total. The molecule has 0 radical (unpaired) electrons. The Morgan fingerprint density at radius 2 is 2.12 bits per heavy atom. The molecule has 0 bridgehead atoms. The van der Waals surface area contributed by atoms with E-state index in [9.17, 15) is 5.11 Å². The summed E-state index contributed by atoms with van der Waals surface area (Å²) in [6.45, 7) is 1.58. The molecule has 5 heteroatoms. The molecule has 1 aliphatic heterocycles. The van der Waals surface area contributed by atoms with Crippen molar-refractivity contribution in [3.8, 4) is 5.75 Å². The average molecular weight is 297 g/mol. The predicted octanol–water partition coefficient (Wildman–Crippen LogP) is 2.93. The van der Waals surface area contributed by atoms with Crippen molar-refractivity contribution in [2.45, 2.75) is 18.8 Å². The van der Waals surface area contributed by atoms with Gasteiger partial charge in [0.05, 0.1) is 9.99 Å². The largest absolute Gasteiger partial charge is 0.504 e. The van der Waals surface area contributed by atoms with Gasteiger partial charge in [-0.3, -0.25) is 0 Å². The molecule has 4 nitrogen and oxygen atoms in total. The number of benzene rings is 1. The standard InChI is InChI=1S/C12H13BrN2O2/c13-8-1-2-9-10(11(8)16)15-12(14-9)7-3-5-17-6-4-7/h1-2,7,16H,3-6H2,(H,14,15). The maximum atomic E-state index is 9.92. The van der Waals surface area contributed by atoms with Gasteiger partial charge in [0, 0.05) is 19.1 Å². The third-order valence-electron chi connectivity index (χ3n) is 3.20. The lowest BCUT2D eigenvalue weighted by molar-refractivity contribution is 0.0838. The summed E-state index contributed by atoms with van der Waals surface area (Å²) in [5, 5.41) is 9.92. The zero-order valence-corrected chi connectivity index (χ0v) is 10.8. The molecule has 0 saturated carbocycles. The number of ether oxygens (including phenoxy) is 1. The second kappa shape index (κ2) is 4.31. The molecule has 90 valence electrons. The van der Waals surface area contributed by atoms with Gasteiger partial charge in [-0.2, -0.15) is 0 Å². The second-order valence-electron chi connectivity index (χ2n) is 4.30. The minimum absolute atomic E-state index is 0.206. The molecule has 1 aliphatic rings. The lowest BCUT2D eigenvalue weighted by Gasteiger charge is -2.19. The van der Waals surface area contributed by atoms with Crippen LogP contribution in [0.15, 0.2) is 16.6 Å². The number of nitrogens with one attached hydrogen (secondary N) is 1. The summed E-state index contributed by atoms with van der Waals surface area (Å²) in [5.41, 5.74) is 1.52. The summed E-state index contributed by atoms with van der Waals surface area (Å²) < 4.78 is 6.02. The summed E-state index contributed by atoms with van der Waals surface area (Å²) in [7, 11) is 0. The van der Waals surface area contributed by atoms with Crippen LogP contribution in [0.25, 0.3) is 11.0 Å². The molecule has 17 heavy (non-hydrogen) atoms. The Labute approximate surface area is 107 Å². The molecule has 0 atom stereocenters. The van der Waals surface area contributed by atoms with Crippen molar-refractivity contribution < 1.29 is 9.84 Å². The van der Waals surface area contributed by atoms with Crippen molar-refractivity contribution in [3.63, 3.8) is 0 Å². The summed E-state index contributed by atoms with van der Waals surface area (Å²) in [6.07, 6.45) is 1.98. The number of imidazole rings is 1. The Bertz CT molecular complexity index is 547. The lowest BCUT2D eigenvalue weighted by atomic mass is 10.00. The zero-order chi connectivity index (χ0) is 11.8. The second-order valence-corrected chi connectivity index (χ2v) is 5.16. The fourth-order valence-corrected chi connectivity index (χ4v) is 2.54. The van der Waals surface area contributed by atoms with Gasteiger partial charge >= 0.3 is 0 Å². The van der Waals surface area contributed by atoms with Gasteiger partial charge in [-0.25, -0.2) is 4.98 Å². The molecule has 1 fully saturated rings. The number of aromatic hydroxyl groups is 1. The number of fused-ring (bicyclic) bond motifs is 1. The Hall–Kier alpha value is -1.07. The van der Waals surface area contributed by atoms with Gasteiger partial charge in [0.2, 0.25) is 0 Å². The molecular formula is C12H13BrN2O2. The summed E-state index contributed by atoms with van der Waals surface area (Å²) in [6, 6.07) is 3.75. The van der Waals surface area contributed by atoms with Gasteiger partial charge in [0.15, 0.2) is 5.75 Å². The van der Waals surface area contributed by atoms with E-state index in [0.717, 1.165) is 37.4 Å². The molecule has 0 amide bonds. The van der Waals surface area contributed by atoms with E-state index in [2.05, 4.69) is 25.9 Å². The first-order valence-corrected chi connectivity index (χ1v) is 6.50. The number of aromatic nitrogens is 2. The van der Waals surface area contributed by atoms with Crippen LogP contribution in [-0.4, -0.2) is 28.3 Å². The topological polar surface area (TPSA) is 58.1 Å². The quantitative estimate of drug-likeness (QED) is 0.851. The van der Waals surface area contributed by atoms with E-state index < -0.39 is 0 Å². The highest BCUT2D eigenvalue weighted by atomic mass is 79.9. The summed E-state index contributed by atoms with van der Waals surface area (Å²) in [4.78, 5) is 7.79. The molecule has 1 saturated heterocycles. The maximum Gasteiger partial charge on any atom is 0.157 e. The van der Waals surface area contributed by atoms with Crippen LogP contribution in [0.4, 0.5) is 0 Å². The van der Waals surface area contributed by atoms with Crippen molar-refractivity contribution in [1.82, 2.24) is 9.97 Å². The maximum absolute atomic E-state index is 9.92. The van der Waals surface area contributed by atoms with E-state index >= 15 is 0 Å². The summed E-state index contributed by atoms with van der Waals surface area (Å²) in [5.74, 6) is 1.57. The Morgan fingerprint density at radius 3 is 2.88 bits per heavy atom. The minimum Gasteiger partial charge on any atom is -0.504 e. The molecule has 2 heterocycles. The van der Waals surface area contributed by atoms with Crippen molar-refractivity contribution in [2.24, 2.45) is 0 Å². The number of phenols is 1. The first kappa shape index (κ1) is 11.0. The molecular weight excluding hydrogens is 284 g/mol. The van der Waals surface area contributed by atoms with Gasteiger partial charge in [0.25, 0.3) is 0 Å². The SMILES string of the molecule is Oc1c(Br)ccc2[nH]c(C3CCOCC3)nc12. The third kappa shape index (κ3) is 1.93. The van der Waals surface area contributed by atoms with E-state index in [1.807, 2.05) is 12.1 Å². The van der Waals surface area contributed by atoms with Crippen LogP contribution in [0, 0.1) is 0 Å². The van der Waals surface area contributed by atoms with E-state index in [1.165, 1.54) is 0 Å². The van der Waals surface area contributed by atoms with E-state index in [0.29, 0.717) is 15.9 Å². The highest BCUT2D eigenvalue weighted by Crippen LogP contribution is 2.33. The van der Waals surface area contributed by atoms with E-state index in [1.54, 1.807) is 0 Å². The smallest absolute Gasteiger partial charge is 0.157 e. The van der Waals surface area contributed by atoms with Crippen LogP contribution in [0.2, 0.25) is 0 Å². The molecule has 0 unspecified atom stereocenters. The number of nitrogens with zero attached hydrogens (tertiary/aromatic N) is 1. The van der Waals surface area contributed by atoms with Gasteiger partial charge in [0.1, 0.15) is 11.3 Å². The average Bonchev–Trinajstić information content (AvgIpc) is 2.80. The molecule has 1 aromatic heterocycles. The number of aromatic amines is 1. The Balaban J connectivity index is 2.04. The monoisotopic (exact) mass is 296 g/mol. The highest BCUT2D eigenvalue weighted by molar-refractivity contribution is 9.10. The number of hydrogen-bond acceptors (Lipinski definition) is 3. The fourth-order valence-electron chi connectivity index (χ4n) is 2.22. The van der Waals surface area contributed by atoms with Crippen LogP contribution >= 0.6 is 15.9 Å². The lowest BCUT2D eigenvalue weighted by Crippen LogP contribution is -2.15. The van der Waals surface area contributed by atoms with E-state index in [4.69, 9.17) is 4.74 Å². The van der Waals surface area contributed by atoms with Gasteiger partial charge in [-0.05, 0) is 40.9 Å². The van der Waals surface area contributed by atoms with Crippen molar-refractivity contribution in [2.75, 3.05) is 13.2 Å². The van der Waals surface area contributed by atoms with Crippen LogP contribution < -0.4 is 0 Å². The summed E-state index contributed by atoms with van der Waals surface area (Å²) >= 11 is 3.30. The zero-order valence-electron chi connectivity index (χ0n) is 9.24. The van der Waals surface area contributed by atoms with Crippen LogP contribution in [0.5, 0.6) is 5.75 Å². The number of hydrogen-bond donors (Lipinski definition) is 2. The number of H-pyrrole nitrogens is 1. The van der Waals surface area contributed by atoms with Crippen LogP contribution in [-0.2, 0) is 4.74 Å². The van der Waals surface area contributed by atoms with Crippen molar-refractivity contribution in [3.05, 3.63) is 22.4 Å².